The van der Waals surface area contributed by atoms with Crippen LogP contribution in [0.1, 0.15) is 11.3 Å². The molecule has 7 nitrogen and oxygen atoms in total. The van der Waals surface area contributed by atoms with Gasteiger partial charge in [-0.2, -0.15) is 4.98 Å². The predicted molar refractivity (Wildman–Crippen MR) is 49.4 cm³/mol. The Morgan fingerprint density at radius 1 is 1.64 bits per heavy atom. The Bertz CT molecular complexity index is 419. The lowest BCUT2D eigenvalue weighted by Gasteiger charge is -1.97. The summed E-state index contributed by atoms with van der Waals surface area (Å²) in [7, 11) is 0. The molecule has 0 amide bonds. The SMILES string of the molecule is Cc1nocc1CNc1n[nH]c(N)n1. The van der Waals surface area contributed by atoms with Gasteiger partial charge in [0, 0.05) is 12.1 Å². The zero-order chi connectivity index (χ0) is 9.97. The third kappa shape index (κ3) is 1.65. The molecule has 0 fully saturated rings. The van der Waals surface area contributed by atoms with E-state index in [9.17, 15) is 0 Å². The van der Waals surface area contributed by atoms with Crippen LogP contribution in [0, 0.1) is 6.92 Å². The maximum Gasteiger partial charge on any atom is 0.243 e. The number of hydrogen-bond donors (Lipinski definition) is 3. The summed E-state index contributed by atoms with van der Waals surface area (Å²) in [5.74, 6) is 0.748. The van der Waals surface area contributed by atoms with Crippen LogP contribution in [0.4, 0.5) is 11.9 Å². The van der Waals surface area contributed by atoms with E-state index < -0.39 is 0 Å². The van der Waals surface area contributed by atoms with Gasteiger partial charge in [0.15, 0.2) is 0 Å². The third-order valence-electron chi connectivity index (χ3n) is 1.79. The monoisotopic (exact) mass is 194 g/mol. The number of anilines is 2. The minimum absolute atomic E-state index is 0.287. The summed E-state index contributed by atoms with van der Waals surface area (Å²) in [4.78, 5) is 3.89. The second-order valence-electron chi connectivity index (χ2n) is 2.82. The Balaban J connectivity index is 1.98. The molecule has 0 spiro atoms. The molecule has 2 heterocycles. The average molecular weight is 194 g/mol. The number of nitrogens with two attached hydrogens (primary N) is 1. The van der Waals surface area contributed by atoms with E-state index in [-0.39, 0.29) is 5.95 Å². The number of nitrogens with zero attached hydrogens (tertiary/aromatic N) is 3. The lowest BCUT2D eigenvalue weighted by molar-refractivity contribution is 0.414. The van der Waals surface area contributed by atoms with Crippen molar-refractivity contribution in [2.24, 2.45) is 0 Å². The largest absolute Gasteiger partial charge is 0.368 e. The number of nitrogens with one attached hydrogen (secondary N) is 2. The molecule has 4 N–H and O–H groups in total. The zero-order valence-corrected chi connectivity index (χ0v) is 7.61. The van der Waals surface area contributed by atoms with E-state index in [1.54, 1.807) is 6.26 Å². The van der Waals surface area contributed by atoms with Gasteiger partial charge in [0.05, 0.1) is 5.69 Å². The first-order chi connectivity index (χ1) is 6.75. The molecule has 0 aliphatic rings. The summed E-state index contributed by atoms with van der Waals surface area (Å²) < 4.78 is 4.78. The van der Waals surface area contributed by atoms with Crippen molar-refractivity contribution in [1.29, 1.82) is 0 Å². The molecule has 74 valence electrons. The van der Waals surface area contributed by atoms with Crippen LogP contribution in [0.25, 0.3) is 0 Å². The second-order valence-corrected chi connectivity index (χ2v) is 2.82. The van der Waals surface area contributed by atoms with Gasteiger partial charge < -0.3 is 15.6 Å². The Labute approximate surface area is 79.7 Å². The topological polar surface area (TPSA) is 106 Å². The molecule has 0 unspecified atom stereocenters. The van der Waals surface area contributed by atoms with Crippen molar-refractivity contribution < 1.29 is 4.52 Å². The molecule has 2 aromatic rings. The smallest absolute Gasteiger partial charge is 0.243 e. The van der Waals surface area contributed by atoms with E-state index in [1.165, 1.54) is 0 Å². The summed E-state index contributed by atoms with van der Waals surface area (Å²) in [5.41, 5.74) is 7.17. The molecule has 0 aromatic carbocycles. The average Bonchev–Trinajstić information content (AvgIpc) is 2.72. The summed E-state index contributed by atoms with van der Waals surface area (Å²) >= 11 is 0. The van der Waals surface area contributed by atoms with Crippen LogP contribution < -0.4 is 11.1 Å². The number of aromatic amines is 1. The first-order valence-corrected chi connectivity index (χ1v) is 4.07. The third-order valence-corrected chi connectivity index (χ3v) is 1.79. The van der Waals surface area contributed by atoms with Crippen molar-refractivity contribution in [1.82, 2.24) is 20.3 Å². The number of H-pyrrole nitrogens is 1. The van der Waals surface area contributed by atoms with Gasteiger partial charge in [-0.1, -0.05) is 5.16 Å². The molecule has 0 bridgehead atoms. The highest BCUT2D eigenvalue weighted by Gasteiger charge is 2.04. The standard InChI is InChI=1S/C7H10N6O/c1-4-5(3-14-13-4)2-9-7-10-6(8)11-12-7/h3H,2H2,1H3,(H4,8,9,10,11,12). The molecule has 2 rings (SSSR count). The fraction of sp³-hybridized carbons (Fsp3) is 0.286. The van der Waals surface area contributed by atoms with Crippen LogP contribution in [0.2, 0.25) is 0 Å². The molecule has 0 saturated heterocycles. The fourth-order valence-corrected chi connectivity index (χ4v) is 1.01. The van der Waals surface area contributed by atoms with Gasteiger partial charge in [0.25, 0.3) is 0 Å². The summed E-state index contributed by atoms with van der Waals surface area (Å²) in [6.07, 6.45) is 1.58. The van der Waals surface area contributed by atoms with E-state index in [2.05, 4.69) is 25.7 Å². The maximum absolute atomic E-state index is 5.36. The molecular weight excluding hydrogens is 184 g/mol. The normalized spacial score (nSPS) is 10.4. The van der Waals surface area contributed by atoms with Crippen molar-refractivity contribution in [3.8, 4) is 0 Å². The number of aryl methyl sites for hydroxylation is 1. The second kappa shape index (κ2) is 3.36. The summed E-state index contributed by atoms with van der Waals surface area (Å²) in [6.45, 7) is 2.43. The van der Waals surface area contributed by atoms with Gasteiger partial charge in [-0.15, -0.1) is 5.10 Å². The molecule has 14 heavy (non-hydrogen) atoms. The van der Waals surface area contributed by atoms with Gasteiger partial charge >= 0.3 is 0 Å². The summed E-state index contributed by atoms with van der Waals surface area (Å²) in [5, 5.41) is 13.1. The lowest BCUT2D eigenvalue weighted by atomic mass is 10.3. The van der Waals surface area contributed by atoms with E-state index in [4.69, 9.17) is 10.3 Å². The molecule has 0 saturated carbocycles. The highest BCUT2D eigenvalue weighted by molar-refractivity contribution is 5.31. The lowest BCUT2D eigenvalue weighted by Crippen LogP contribution is -2.01. The van der Waals surface area contributed by atoms with E-state index in [0.29, 0.717) is 12.5 Å². The molecule has 0 aliphatic carbocycles. The predicted octanol–water partition coefficient (Wildman–Crippen LogP) is 0.295. The molecule has 0 aliphatic heterocycles. The van der Waals surface area contributed by atoms with Crippen LogP contribution >= 0.6 is 0 Å². The zero-order valence-electron chi connectivity index (χ0n) is 7.61. The van der Waals surface area contributed by atoms with Crippen molar-refractivity contribution in [2.45, 2.75) is 13.5 Å². The highest BCUT2D eigenvalue weighted by Crippen LogP contribution is 2.07. The Hall–Kier alpha value is -2.05. The van der Waals surface area contributed by atoms with Crippen LogP contribution in [0.3, 0.4) is 0 Å². The number of hydrogen-bond acceptors (Lipinski definition) is 6. The van der Waals surface area contributed by atoms with Gasteiger partial charge in [-0.3, -0.25) is 0 Å². The number of aromatic nitrogens is 4. The minimum Gasteiger partial charge on any atom is -0.368 e. The molecular formula is C7H10N6O. The Kier molecular flexibility index (Phi) is 2.05. The van der Waals surface area contributed by atoms with E-state index in [1.807, 2.05) is 6.92 Å². The molecule has 7 heteroatoms. The van der Waals surface area contributed by atoms with Crippen molar-refractivity contribution in [2.75, 3.05) is 11.1 Å². The number of rotatable bonds is 3. The first kappa shape index (κ1) is 8.54. The van der Waals surface area contributed by atoms with Crippen molar-refractivity contribution in [3.05, 3.63) is 17.5 Å². The quantitative estimate of drug-likeness (QED) is 0.648. The van der Waals surface area contributed by atoms with Crippen LogP contribution in [0.5, 0.6) is 0 Å². The van der Waals surface area contributed by atoms with Gasteiger partial charge in [0.1, 0.15) is 6.26 Å². The van der Waals surface area contributed by atoms with Crippen LogP contribution in [-0.4, -0.2) is 20.3 Å². The van der Waals surface area contributed by atoms with Crippen molar-refractivity contribution >= 4 is 11.9 Å². The Morgan fingerprint density at radius 3 is 3.07 bits per heavy atom. The van der Waals surface area contributed by atoms with Gasteiger partial charge in [-0.05, 0) is 6.92 Å². The fourth-order valence-electron chi connectivity index (χ4n) is 1.01. The minimum atomic E-state index is 0.287. The maximum atomic E-state index is 5.36. The van der Waals surface area contributed by atoms with Crippen molar-refractivity contribution in [3.63, 3.8) is 0 Å². The van der Waals surface area contributed by atoms with Crippen LogP contribution in [-0.2, 0) is 6.54 Å². The number of nitrogen functional groups attached to an aromatic ring is 1. The first-order valence-electron chi connectivity index (χ1n) is 4.07. The molecule has 0 atom stereocenters. The van der Waals surface area contributed by atoms with E-state index >= 15 is 0 Å². The van der Waals surface area contributed by atoms with Gasteiger partial charge in [0.2, 0.25) is 11.9 Å². The van der Waals surface area contributed by atoms with Crippen LogP contribution in [0.15, 0.2) is 10.8 Å². The highest BCUT2D eigenvalue weighted by atomic mass is 16.5. The molecule has 0 radical (unpaired) electrons. The van der Waals surface area contributed by atoms with E-state index in [0.717, 1.165) is 11.3 Å². The van der Waals surface area contributed by atoms with Gasteiger partial charge in [-0.25, -0.2) is 5.10 Å². The molecule has 2 aromatic heterocycles. The summed E-state index contributed by atoms with van der Waals surface area (Å²) in [6, 6.07) is 0. The Morgan fingerprint density at radius 2 is 2.50 bits per heavy atom.